The topological polar surface area (TPSA) is 252 Å². The summed E-state index contributed by atoms with van der Waals surface area (Å²) in [6.07, 6.45) is 1.69. The van der Waals surface area contributed by atoms with Gasteiger partial charge in [-0.25, -0.2) is 4.79 Å². The van der Waals surface area contributed by atoms with Crippen molar-refractivity contribution in [3.05, 3.63) is 0 Å². The fourth-order valence-electron chi connectivity index (χ4n) is 2.56. The Hall–Kier alpha value is -2.72. The molecule has 11 N–H and O–H groups in total. The number of amides is 3. The van der Waals surface area contributed by atoms with Gasteiger partial charge in [-0.1, -0.05) is 0 Å². The van der Waals surface area contributed by atoms with Crippen molar-refractivity contribution in [3.63, 3.8) is 0 Å². The Kier molecular flexibility index (Phi) is 15.5. The third kappa shape index (κ3) is 13.1. The minimum atomic E-state index is -1.38. The molecular formula is C18H33N7O7S2. The summed E-state index contributed by atoms with van der Waals surface area (Å²) >= 11 is 5.42. The van der Waals surface area contributed by atoms with Crippen molar-refractivity contribution in [3.8, 4) is 0 Å². The van der Waals surface area contributed by atoms with E-state index in [4.69, 9.17) is 22.3 Å². The highest BCUT2D eigenvalue weighted by atomic mass is 32.2. The molecule has 0 saturated heterocycles. The van der Waals surface area contributed by atoms with Crippen LogP contribution in [0.25, 0.3) is 0 Å². The number of thiol groups is 1. The van der Waals surface area contributed by atoms with Crippen molar-refractivity contribution in [2.75, 3.05) is 24.3 Å². The molecule has 0 radical (unpaired) electrons. The molecule has 4 atom stereocenters. The van der Waals surface area contributed by atoms with E-state index in [0.717, 1.165) is 0 Å². The summed E-state index contributed by atoms with van der Waals surface area (Å²) in [5.41, 5.74) is 15.9. The number of carbonyl (C=O) groups excluding carboxylic acids is 3. The van der Waals surface area contributed by atoms with Gasteiger partial charge in [-0.3, -0.25) is 24.2 Å². The minimum Gasteiger partial charge on any atom is -0.481 e. The van der Waals surface area contributed by atoms with E-state index in [1.165, 1.54) is 11.8 Å². The number of hydrogen-bond acceptors (Lipinski definition) is 9. The van der Waals surface area contributed by atoms with Crippen LogP contribution in [-0.4, -0.2) is 94.3 Å². The summed E-state index contributed by atoms with van der Waals surface area (Å²) in [5.74, 6) is -4.71. The van der Waals surface area contributed by atoms with Crippen LogP contribution in [0.1, 0.15) is 25.7 Å². The molecule has 194 valence electrons. The highest BCUT2D eigenvalue weighted by Crippen LogP contribution is 2.05. The molecule has 0 aromatic carbocycles. The maximum atomic E-state index is 12.7. The monoisotopic (exact) mass is 523 g/mol. The molecule has 0 aliphatic heterocycles. The molecule has 0 aliphatic rings. The van der Waals surface area contributed by atoms with Gasteiger partial charge in [-0.05, 0) is 31.3 Å². The van der Waals surface area contributed by atoms with Crippen molar-refractivity contribution >= 4 is 60.0 Å². The molecule has 3 amide bonds. The van der Waals surface area contributed by atoms with Crippen LogP contribution in [0.4, 0.5) is 0 Å². The van der Waals surface area contributed by atoms with E-state index in [2.05, 4.69) is 33.6 Å². The summed E-state index contributed by atoms with van der Waals surface area (Å²) in [7, 11) is 0. The van der Waals surface area contributed by atoms with Crippen LogP contribution >= 0.6 is 24.4 Å². The van der Waals surface area contributed by atoms with Crippen molar-refractivity contribution < 1.29 is 34.2 Å². The van der Waals surface area contributed by atoms with E-state index < -0.39 is 60.2 Å². The van der Waals surface area contributed by atoms with E-state index in [-0.39, 0.29) is 31.1 Å². The Morgan fingerprint density at radius 2 is 1.50 bits per heavy atom. The zero-order valence-corrected chi connectivity index (χ0v) is 20.4. The molecule has 0 aliphatic carbocycles. The fraction of sp³-hybridized carbons (Fsp3) is 0.667. The second-order valence-electron chi connectivity index (χ2n) is 7.14. The summed E-state index contributed by atoms with van der Waals surface area (Å²) in [5, 5.41) is 25.3. The normalized spacial score (nSPS) is 14.1. The Morgan fingerprint density at radius 3 is 2.00 bits per heavy atom. The third-order valence-corrected chi connectivity index (χ3v) is 5.36. The molecule has 4 unspecified atom stereocenters. The largest absolute Gasteiger partial charge is 0.481 e. The van der Waals surface area contributed by atoms with Gasteiger partial charge in [0.15, 0.2) is 5.96 Å². The van der Waals surface area contributed by atoms with E-state index >= 15 is 0 Å². The van der Waals surface area contributed by atoms with Gasteiger partial charge in [0.1, 0.15) is 18.1 Å². The standard InChI is InChI=1S/C18H33N7O7S2/c1-34-6-4-10(15(29)24-11(17(31)32)3-2-5-22-18(20)21)23-16(30)12(8-33)25-14(28)9(19)7-13(26)27/h9-12,33H,2-8,19H2,1H3,(H,23,30)(H,24,29)(H,25,28)(H,26,27)(H,31,32)(H4,20,21,22). The number of nitrogens with two attached hydrogens (primary N) is 3. The van der Waals surface area contributed by atoms with Crippen LogP contribution in [-0.2, 0) is 24.0 Å². The number of carboxylic acids is 2. The van der Waals surface area contributed by atoms with Crippen molar-refractivity contribution in [1.82, 2.24) is 16.0 Å². The summed E-state index contributed by atoms with van der Waals surface area (Å²) in [4.78, 5) is 63.4. The van der Waals surface area contributed by atoms with Crippen molar-refractivity contribution in [1.29, 1.82) is 0 Å². The molecule has 0 saturated carbocycles. The van der Waals surface area contributed by atoms with Crippen LogP contribution in [0.5, 0.6) is 0 Å². The number of thioether (sulfide) groups is 1. The number of carbonyl (C=O) groups is 5. The Labute approximate surface area is 206 Å². The SMILES string of the molecule is CSCCC(NC(=O)C(CS)NC(=O)C(N)CC(=O)O)C(=O)NC(CCCN=C(N)N)C(=O)O. The van der Waals surface area contributed by atoms with E-state index in [1.807, 2.05) is 0 Å². The molecule has 0 bridgehead atoms. The van der Waals surface area contributed by atoms with Gasteiger partial charge in [0, 0.05) is 12.3 Å². The predicted octanol–water partition coefficient (Wildman–Crippen LogP) is -2.94. The number of rotatable bonds is 17. The van der Waals surface area contributed by atoms with Gasteiger partial charge in [0.2, 0.25) is 17.7 Å². The third-order valence-electron chi connectivity index (χ3n) is 4.35. The van der Waals surface area contributed by atoms with Crippen molar-refractivity contribution in [2.45, 2.75) is 49.9 Å². The van der Waals surface area contributed by atoms with Gasteiger partial charge < -0.3 is 43.4 Å². The smallest absolute Gasteiger partial charge is 0.326 e. The first-order chi connectivity index (χ1) is 15.9. The Bertz CT molecular complexity index is 750. The lowest BCUT2D eigenvalue weighted by Gasteiger charge is -2.24. The van der Waals surface area contributed by atoms with Crippen LogP contribution in [0.3, 0.4) is 0 Å². The first-order valence-electron chi connectivity index (χ1n) is 10.2. The zero-order chi connectivity index (χ0) is 26.3. The lowest BCUT2D eigenvalue weighted by atomic mass is 10.1. The van der Waals surface area contributed by atoms with E-state index in [0.29, 0.717) is 12.2 Å². The molecule has 16 heteroatoms. The van der Waals surface area contributed by atoms with E-state index in [9.17, 15) is 29.1 Å². The van der Waals surface area contributed by atoms with Gasteiger partial charge >= 0.3 is 11.9 Å². The number of hydrogen-bond donors (Lipinski definition) is 9. The first kappa shape index (κ1) is 31.3. The quantitative estimate of drug-likeness (QED) is 0.0403. The predicted molar refractivity (Wildman–Crippen MR) is 130 cm³/mol. The van der Waals surface area contributed by atoms with Gasteiger partial charge in [-0.2, -0.15) is 24.4 Å². The molecule has 0 rings (SSSR count). The summed E-state index contributed by atoms with van der Waals surface area (Å²) in [6, 6.07) is -4.90. The zero-order valence-electron chi connectivity index (χ0n) is 18.7. The molecule has 0 spiro atoms. The maximum Gasteiger partial charge on any atom is 0.326 e. The summed E-state index contributed by atoms with van der Waals surface area (Å²) < 4.78 is 0. The lowest BCUT2D eigenvalue weighted by molar-refractivity contribution is -0.142. The van der Waals surface area contributed by atoms with Crippen LogP contribution in [0.2, 0.25) is 0 Å². The first-order valence-corrected chi connectivity index (χ1v) is 12.2. The Balaban J connectivity index is 5.21. The molecule has 0 aromatic heterocycles. The van der Waals surface area contributed by atoms with Gasteiger partial charge in [-0.15, -0.1) is 0 Å². The van der Waals surface area contributed by atoms with Gasteiger partial charge in [0.25, 0.3) is 0 Å². The highest BCUT2D eigenvalue weighted by molar-refractivity contribution is 7.98. The average molecular weight is 524 g/mol. The number of aliphatic imine (C=N–C) groups is 1. The van der Waals surface area contributed by atoms with Crippen LogP contribution in [0, 0.1) is 0 Å². The Morgan fingerprint density at radius 1 is 0.941 bits per heavy atom. The minimum absolute atomic E-state index is 0.0534. The number of nitrogens with zero attached hydrogens (tertiary/aromatic N) is 1. The van der Waals surface area contributed by atoms with Gasteiger partial charge in [0.05, 0.1) is 12.5 Å². The van der Waals surface area contributed by atoms with Crippen molar-refractivity contribution in [2.24, 2.45) is 22.2 Å². The second-order valence-corrected chi connectivity index (χ2v) is 8.49. The van der Waals surface area contributed by atoms with E-state index in [1.54, 1.807) is 6.26 Å². The molecule has 0 aromatic rings. The highest BCUT2D eigenvalue weighted by Gasteiger charge is 2.29. The number of guanidine groups is 1. The second kappa shape index (κ2) is 16.8. The number of aliphatic carboxylic acids is 2. The fourth-order valence-corrected chi connectivity index (χ4v) is 3.29. The molecular weight excluding hydrogens is 490 g/mol. The number of nitrogens with one attached hydrogen (secondary N) is 3. The lowest BCUT2D eigenvalue weighted by Crippen LogP contribution is -2.57. The average Bonchev–Trinajstić information content (AvgIpc) is 2.75. The maximum absolute atomic E-state index is 12.7. The van der Waals surface area contributed by atoms with Crippen LogP contribution in [0.15, 0.2) is 4.99 Å². The number of carboxylic acid groups (broad SMARTS) is 2. The molecule has 0 heterocycles. The summed E-state index contributed by atoms with van der Waals surface area (Å²) in [6.45, 7) is 0.183. The molecule has 14 nitrogen and oxygen atoms in total. The molecule has 0 fully saturated rings. The molecule has 34 heavy (non-hydrogen) atoms. The van der Waals surface area contributed by atoms with Crippen LogP contribution < -0.4 is 33.2 Å².